The third-order valence-electron chi connectivity index (χ3n) is 13.9. The van der Waals surface area contributed by atoms with Gasteiger partial charge in [-0.15, -0.1) is 0 Å². The number of rotatable bonds is 7. The molecule has 0 aliphatic carbocycles. The summed E-state index contributed by atoms with van der Waals surface area (Å²) in [6, 6.07) is 55.5. The minimum Gasteiger partial charge on any atom is -0.457 e. The zero-order chi connectivity index (χ0) is 47.9. The first kappa shape index (κ1) is 44.7. The maximum Gasteiger partial charge on any atom is 0.137 e. The van der Waals surface area contributed by atoms with E-state index in [0.717, 1.165) is 56.2 Å². The van der Waals surface area contributed by atoms with Crippen LogP contribution in [0.5, 0.6) is 11.5 Å². The van der Waals surface area contributed by atoms with Gasteiger partial charge in [0.05, 0.1) is 22.4 Å². The quantitative estimate of drug-likeness (QED) is 0.160. The maximum absolute atomic E-state index is 7.08. The van der Waals surface area contributed by atoms with Crippen LogP contribution in [0.15, 0.2) is 158 Å². The molecule has 1 aliphatic rings. The van der Waals surface area contributed by atoms with Gasteiger partial charge in [-0.05, 0) is 148 Å². The first-order valence-corrected chi connectivity index (χ1v) is 24.1. The topological polar surface area (TPSA) is 33.5 Å². The summed E-state index contributed by atoms with van der Waals surface area (Å²) in [4.78, 5) is 10.1. The molecule has 9 aromatic rings. The summed E-state index contributed by atoms with van der Waals surface area (Å²) < 4.78 is 9.36. The van der Waals surface area contributed by atoms with Gasteiger partial charge in [0.2, 0.25) is 0 Å². The summed E-state index contributed by atoms with van der Waals surface area (Å²) in [6.07, 6.45) is 2.03. The highest BCUT2D eigenvalue weighted by atomic mass is 16.5. The lowest BCUT2D eigenvalue weighted by atomic mass is 9.80. The highest BCUT2D eigenvalue weighted by Crippen LogP contribution is 2.48. The van der Waals surface area contributed by atoms with Crippen LogP contribution in [0.25, 0.3) is 49.9 Å². The van der Waals surface area contributed by atoms with E-state index in [1.165, 1.54) is 61.3 Å². The number of pyridine rings is 1. The van der Waals surface area contributed by atoms with Crippen molar-refractivity contribution in [2.75, 3.05) is 16.5 Å². The van der Waals surface area contributed by atoms with Crippen LogP contribution in [0, 0.1) is 20.8 Å². The monoisotopic (exact) mass is 893 g/mol. The molecule has 0 unspecified atom stereocenters. The number of aromatic nitrogens is 2. The van der Waals surface area contributed by atoms with Gasteiger partial charge in [-0.3, -0.25) is 4.57 Å². The first-order valence-electron chi connectivity index (χ1n) is 24.1. The van der Waals surface area contributed by atoms with Gasteiger partial charge in [-0.2, -0.15) is 0 Å². The van der Waals surface area contributed by atoms with Crippen molar-refractivity contribution in [3.8, 4) is 39.6 Å². The zero-order valence-electron chi connectivity index (χ0n) is 41.9. The molecule has 5 heteroatoms. The van der Waals surface area contributed by atoms with Gasteiger partial charge in [0.1, 0.15) is 24.0 Å². The molecular weight excluding hydrogens is 829 g/mol. The lowest BCUT2D eigenvalue weighted by Gasteiger charge is -2.29. The number of anilines is 4. The lowest BCUT2D eigenvalue weighted by Crippen LogP contribution is -2.25. The zero-order valence-corrected chi connectivity index (χ0v) is 41.9. The fourth-order valence-electron chi connectivity index (χ4n) is 10.0. The smallest absolute Gasteiger partial charge is 0.137 e. The van der Waals surface area contributed by atoms with E-state index in [1.807, 2.05) is 6.20 Å². The summed E-state index contributed by atoms with van der Waals surface area (Å²) in [5.74, 6) is 2.41. The van der Waals surface area contributed by atoms with Gasteiger partial charge in [0, 0.05) is 46.0 Å². The van der Waals surface area contributed by atoms with E-state index in [0.29, 0.717) is 6.67 Å². The summed E-state index contributed by atoms with van der Waals surface area (Å²) in [6.45, 7) is 27.9. The molecule has 3 heterocycles. The van der Waals surface area contributed by atoms with E-state index in [4.69, 9.17) is 9.72 Å². The van der Waals surface area contributed by atoms with Crippen molar-refractivity contribution in [2.24, 2.45) is 0 Å². The molecule has 1 aliphatic heterocycles. The first-order chi connectivity index (χ1) is 32.3. The highest BCUT2D eigenvalue weighted by molar-refractivity contribution is 6.09. The SMILES string of the molecule is Cc1cc(-n2c3ccccc3c3ccc(Oc4cc(-c5c(C)cccc5C)cc(N5CN(c6cc(C(C)(C)C)cc(C(C)(C)C)c6)c6ccccc65)c4)cc32)ncc1-c1ccc(C(C)(C)C)cc1. The highest BCUT2D eigenvalue weighted by Gasteiger charge is 2.31. The Labute approximate surface area is 403 Å². The number of aryl methyl sites for hydroxylation is 3. The van der Waals surface area contributed by atoms with Gasteiger partial charge in [-0.25, -0.2) is 4.98 Å². The van der Waals surface area contributed by atoms with E-state index in [-0.39, 0.29) is 16.2 Å². The van der Waals surface area contributed by atoms with Gasteiger partial charge in [0.15, 0.2) is 0 Å². The molecule has 10 rings (SSSR count). The Bertz CT molecular complexity index is 3340. The van der Waals surface area contributed by atoms with Crippen LogP contribution in [0.4, 0.5) is 22.7 Å². The largest absolute Gasteiger partial charge is 0.457 e. The van der Waals surface area contributed by atoms with Crippen LogP contribution in [0.1, 0.15) is 95.7 Å². The normalized spacial score (nSPS) is 13.2. The van der Waals surface area contributed by atoms with Gasteiger partial charge in [-0.1, -0.05) is 141 Å². The molecule has 5 nitrogen and oxygen atoms in total. The third-order valence-corrected chi connectivity index (χ3v) is 13.9. The molecule has 0 saturated carbocycles. The van der Waals surface area contributed by atoms with E-state index in [1.54, 1.807) is 0 Å². The van der Waals surface area contributed by atoms with Gasteiger partial charge < -0.3 is 14.5 Å². The van der Waals surface area contributed by atoms with Gasteiger partial charge in [0.25, 0.3) is 0 Å². The van der Waals surface area contributed by atoms with Crippen molar-refractivity contribution in [1.82, 2.24) is 9.55 Å². The minimum absolute atomic E-state index is 0.00223. The number of ether oxygens (including phenoxy) is 1. The fourth-order valence-corrected chi connectivity index (χ4v) is 10.0. The Kier molecular flexibility index (Phi) is 10.9. The molecule has 0 bridgehead atoms. The van der Waals surface area contributed by atoms with Crippen molar-refractivity contribution in [2.45, 2.75) is 99.3 Å². The maximum atomic E-state index is 7.08. The van der Waals surface area contributed by atoms with Crippen molar-refractivity contribution in [3.05, 3.63) is 191 Å². The summed E-state index contributed by atoms with van der Waals surface area (Å²) in [5, 5.41) is 2.33. The Hall–Kier alpha value is -7.11. The standard InChI is InChI=1S/C63H64N4O/c1-40-18-17-19-41(2)60(40)44-31-48(65-39-66(57-23-16-15-22-56(57)65)49-34-46(62(7,8)9)33-47(35-49)63(10,11)12)36-51(32-44)68-50-28-29-53-52-20-13-14-21-55(52)67(58(53)37-50)59-30-42(3)54(38-64-59)43-24-26-45(27-25-43)61(4,5)6/h13-38H,39H2,1-12H3. The molecule has 0 N–H and O–H groups in total. The Morgan fingerprint density at radius 1 is 0.456 bits per heavy atom. The number of para-hydroxylation sites is 3. The van der Waals surface area contributed by atoms with E-state index < -0.39 is 0 Å². The molecule has 0 radical (unpaired) electrons. The second-order valence-corrected chi connectivity index (χ2v) is 22.1. The van der Waals surface area contributed by atoms with E-state index in [9.17, 15) is 0 Å². The van der Waals surface area contributed by atoms with Crippen LogP contribution in [-0.4, -0.2) is 16.2 Å². The van der Waals surface area contributed by atoms with Crippen molar-refractivity contribution >= 4 is 44.6 Å². The van der Waals surface area contributed by atoms with Crippen LogP contribution in [0.3, 0.4) is 0 Å². The molecule has 0 spiro atoms. The molecule has 0 saturated heterocycles. The second-order valence-electron chi connectivity index (χ2n) is 22.1. The number of nitrogens with zero attached hydrogens (tertiary/aromatic N) is 4. The molecule has 7 aromatic carbocycles. The van der Waals surface area contributed by atoms with Crippen LogP contribution >= 0.6 is 0 Å². The predicted molar refractivity (Wildman–Crippen MR) is 288 cm³/mol. The number of hydrogen-bond donors (Lipinski definition) is 0. The Morgan fingerprint density at radius 3 is 1.66 bits per heavy atom. The summed E-state index contributed by atoms with van der Waals surface area (Å²) in [5.41, 5.74) is 19.1. The lowest BCUT2D eigenvalue weighted by molar-refractivity contribution is 0.483. The molecule has 0 fully saturated rings. The average molecular weight is 893 g/mol. The van der Waals surface area contributed by atoms with Crippen LogP contribution < -0.4 is 14.5 Å². The fraction of sp³-hybridized carbons (Fsp3) is 0.254. The Balaban J connectivity index is 1.07. The molecule has 342 valence electrons. The van der Waals surface area contributed by atoms with Crippen molar-refractivity contribution in [3.63, 3.8) is 0 Å². The van der Waals surface area contributed by atoms with Crippen LogP contribution in [0.2, 0.25) is 0 Å². The molecule has 68 heavy (non-hydrogen) atoms. The van der Waals surface area contributed by atoms with E-state index >= 15 is 0 Å². The third kappa shape index (κ3) is 8.23. The van der Waals surface area contributed by atoms with E-state index in [2.05, 4.69) is 249 Å². The summed E-state index contributed by atoms with van der Waals surface area (Å²) >= 11 is 0. The Morgan fingerprint density at radius 2 is 1.04 bits per heavy atom. The number of benzene rings is 7. The van der Waals surface area contributed by atoms with Crippen molar-refractivity contribution < 1.29 is 4.74 Å². The molecule has 2 aromatic heterocycles. The van der Waals surface area contributed by atoms with Gasteiger partial charge >= 0.3 is 0 Å². The average Bonchev–Trinajstić information content (AvgIpc) is 3.84. The summed E-state index contributed by atoms with van der Waals surface area (Å²) in [7, 11) is 0. The molecule has 0 atom stereocenters. The molecular formula is C63H64N4O. The second kappa shape index (κ2) is 16.6. The van der Waals surface area contributed by atoms with Crippen molar-refractivity contribution in [1.29, 1.82) is 0 Å². The predicted octanol–water partition coefficient (Wildman–Crippen LogP) is 17.4. The minimum atomic E-state index is -0.00223. The molecule has 0 amide bonds. The number of fused-ring (bicyclic) bond motifs is 4. The van der Waals surface area contributed by atoms with Crippen LogP contribution in [-0.2, 0) is 16.2 Å². The number of hydrogen-bond acceptors (Lipinski definition) is 4.